The van der Waals surface area contributed by atoms with Gasteiger partial charge in [0.25, 0.3) is 0 Å². The van der Waals surface area contributed by atoms with E-state index in [1.54, 1.807) is 6.07 Å². The summed E-state index contributed by atoms with van der Waals surface area (Å²) in [6.07, 6.45) is 0. The van der Waals surface area contributed by atoms with Gasteiger partial charge in [-0.05, 0) is 35.6 Å². The van der Waals surface area contributed by atoms with Gasteiger partial charge in [-0.25, -0.2) is 0 Å². The number of rotatable bonds is 3. The molecule has 0 aromatic heterocycles. The highest BCUT2D eigenvalue weighted by atomic mass is 79.9. The Labute approximate surface area is 104 Å². The maximum Gasteiger partial charge on any atom is 0.0423 e. The Morgan fingerprint density at radius 3 is 2.07 bits per heavy atom. The van der Waals surface area contributed by atoms with Crippen LogP contribution in [0.2, 0.25) is 10.0 Å². The molecule has 0 N–H and O–H groups in total. The summed E-state index contributed by atoms with van der Waals surface area (Å²) in [5.74, 6) is 1.04. The molecule has 0 radical (unpaired) electrons. The average molecular weight is 296 g/mol. The molecular formula is C11H13BrCl2. The van der Waals surface area contributed by atoms with Crippen LogP contribution in [0.15, 0.2) is 18.2 Å². The molecule has 0 aliphatic heterocycles. The Morgan fingerprint density at radius 1 is 1.14 bits per heavy atom. The number of halogens is 3. The Bertz CT molecular complexity index is 292. The van der Waals surface area contributed by atoms with Crippen molar-refractivity contribution in [2.24, 2.45) is 5.92 Å². The lowest BCUT2D eigenvalue weighted by Crippen LogP contribution is -2.07. The van der Waals surface area contributed by atoms with Crippen LogP contribution < -0.4 is 0 Å². The van der Waals surface area contributed by atoms with Crippen LogP contribution >= 0.6 is 39.1 Å². The lowest BCUT2D eigenvalue weighted by molar-refractivity contribution is 0.547. The van der Waals surface area contributed by atoms with E-state index in [1.807, 2.05) is 12.1 Å². The van der Waals surface area contributed by atoms with Gasteiger partial charge in [-0.1, -0.05) is 53.0 Å². The Balaban J connectivity index is 2.94. The molecule has 2 atom stereocenters. The molecule has 0 nitrogen and oxygen atoms in total. The lowest BCUT2D eigenvalue weighted by Gasteiger charge is -2.18. The van der Waals surface area contributed by atoms with E-state index in [4.69, 9.17) is 23.2 Å². The summed E-state index contributed by atoms with van der Waals surface area (Å²) in [5, 5.41) is 2.40. The fourth-order valence-electron chi connectivity index (χ4n) is 1.30. The molecule has 0 spiro atoms. The molecule has 1 aromatic carbocycles. The van der Waals surface area contributed by atoms with Gasteiger partial charge in [0.2, 0.25) is 0 Å². The van der Waals surface area contributed by atoms with E-state index in [-0.39, 0.29) is 0 Å². The molecular weight excluding hydrogens is 283 g/mol. The quantitative estimate of drug-likeness (QED) is 0.678. The van der Waals surface area contributed by atoms with Gasteiger partial charge in [0, 0.05) is 15.4 Å². The summed E-state index contributed by atoms with van der Waals surface area (Å²) in [6.45, 7) is 4.39. The number of benzene rings is 1. The van der Waals surface area contributed by atoms with Crippen LogP contribution in [-0.4, -0.2) is 5.33 Å². The van der Waals surface area contributed by atoms with Crippen molar-refractivity contribution in [3.8, 4) is 0 Å². The highest BCUT2D eigenvalue weighted by Gasteiger charge is 2.14. The average Bonchev–Trinajstić information content (AvgIpc) is 2.14. The summed E-state index contributed by atoms with van der Waals surface area (Å²) in [6, 6.07) is 5.73. The van der Waals surface area contributed by atoms with E-state index >= 15 is 0 Å². The monoisotopic (exact) mass is 294 g/mol. The van der Waals surface area contributed by atoms with Crippen molar-refractivity contribution in [2.45, 2.75) is 19.8 Å². The first-order chi connectivity index (χ1) is 6.54. The van der Waals surface area contributed by atoms with Gasteiger partial charge < -0.3 is 0 Å². The highest BCUT2D eigenvalue weighted by molar-refractivity contribution is 9.09. The zero-order chi connectivity index (χ0) is 10.7. The summed E-state index contributed by atoms with van der Waals surface area (Å²) in [4.78, 5) is 0. The third-order valence-corrected chi connectivity index (χ3v) is 3.97. The second kappa shape index (κ2) is 5.39. The molecule has 2 unspecified atom stereocenters. The Kier molecular flexibility index (Phi) is 4.75. The predicted molar refractivity (Wildman–Crippen MR) is 67.8 cm³/mol. The smallest absolute Gasteiger partial charge is 0.0423 e. The maximum atomic E-state index is 5.95. The van der Waals surface area contributed by atoms with E-state index in [1.165, 1.54) is 5.56 Å². The fourth-order valence-corrected chi connectivity index (χ4v) is 2.40. The summed E-state index contributed by atoms with van der Waals surface area (Å²) < 4.78 is 0. The SMILES string of the molecule is CC(CBr)C(C)c1cc(Cl)cc(Cl)c1. The number of hydrogen-bond donors (Lipinski definition) is 0. The Morgan fingerprint density at radius 2 is 1.64 bits per heavy atom. The topological polar surface area (TPSA) is 0 Å². The van der Waals surface area contributed by atoms with Gasteiger partial charge in [0.05, 0.1) is 0 Å². The van der Waals surface area contributed by atoms with Crippen molar-refractivity contribution in [3.05, 3.63) is 33.8 Å². The first-order valence-electron chi connectivity index (χ1n) is 4.56. The molecule has 0 fully saturated rings. The molecule has 0 saturated carbocycles. The molecule has 0 heterocycles. The van der Waals surface area contributed by atoms with Crippen LogP contribution in [0.5, 0.6) is 0 Å². The lowest BCUT2D eigenvalue weighted by atomic mass is 9.90. The highest BCUT2D eigenvalue weighted by Crippen LogP contribution is 2.29. The predicted octanol–water partition coefficient (Wildman–Crippen LogP) is 5.13. The summed E-state index contributed by atoms with van der Waals surface area (Å²) >= 11 is 15.4. The molecule has 14 heavy (non-hydrogen) atoms. The molecule has 1 aromatic rings. The largest absolute Gasteiger partial charge is 0.0925 e. The normalized spacial score (nSPS) is 15.2. The molecule has 0 aliphatic carbocycles. The molecule has 0 bridgehead atoms. The Hall–Kier alpha value is 0.280. The second-order valence-corrected chi connectivity index (χ2v) is 5.14. The molecule has 1 rings (SSSR count). The van der Waals surface area contributed by atoms with Crippen molar-refractivity contribution in [1.29, 1.82) is 0 Å². The minimum Gasteiger partial charge on any atom is -0.0925 e. The van der Waals surface area contributed by atoms with Crippen molar-refractivity contribution in [3.63, 3.8) is 0 Å². The van der Waals surface area contributed by atoms with E-state index < -0.39 is 0 Å². The van der Waals surface area contributed by atoms with Crippen molar-refractivity contribution in [2.75, 3.05) is 5.33 Å². The third kappa shape index (κ3) is 3.15. The van der Waals surface area contributed by atoms with Crippen molar-refractivity contribution < 1.29 is 0 Å². The first kappa shape index (κ1) is 12.4. The van der Waals surface area contributed by atoms with E-state index in [0.29, 0.717) is 21.9 Å². The minimum atomic E-state index is 0.463. The standard InChI is InChI=1S/C11H13BrCl2/c1-7(6-12)8(2)9-3-10(13)5-11(14)4-9/h3-5,7-8H,6H2,1-2H3. The van der Waals surface area contributed by atoms with E-state index in [0.717, 1.165) is 5.33 Å². The third-order valence-electron chi connectivity index (χ3n) is 2.51. The van der Waals surface area contributed by atoms with Crippen LogP contribution in [0.3, 0.4) is 0 Å². The molecule has 0 amide bonds. The second-order valence-electron chi connectivity index (χ2n) is 3.62. The number of hydrogen-bond acceptors (Lipinski definition) is 0. The van der Waals surface area contributed by atoms with Crippen molar-refractivity contribution >= 4 is 39.1 Å². The molecule has 0 saturated heterocycles. The van der Waals surface area contributed by atoms with Gasteiger partial charge in [0.15, 0.2) is 0 Å². The molecule has 3 heteroatoms. The van der Waals surface area contributed by atoms with Crippen LogP contribution in [0, 0.1) is 5.92 Å². The van der Waals surface area contributed by atoms with Crippen LogP contribution in [-0.2, 0) is 0 Å². The maximum absolute atomic E-state index is 5.95. The van der Waals surface area contributed by atoms with Gasteiger partial charge in [-0.15, -0.1) is 0 Å². The summed E-state index contributed by atoms with van der Waals surface area (Å²) in [5.41, 5.74) is 1.20. The summed E-state index contributed by atoms with van der Waals surface area (Å²) in [7, 11) is 0. The van der Waals surface area contributed by atoms with Crippen LogP contribution in [0.1, 0.15) is 25.3 Å². The van der Waals surface area contributed by atoms with Gasteiger partial charge in [0.1, 0.15) is 0 Å². The van der Waals surface area contributed by atoms with Gasteiger partial charge in [-0.2, -0.15) is 0 Å². The van der Waals surface area contributed by atoms with Crippen molar-refractivity contribution in [1.82, 2.24) is 0 Å². The van der Waals surface area contributed by atoms with Crippen LogP contribution in [0.4, 0.5) is 0 Å². The van der Waals surface area contributed by atoms with Gasteiger partial charge >= 0.3 is 0 Å². The first-order valence-corrected chi connectivity index (χ1v) is 6.44. The minimum absolute atomic E-state index is 0.463. The molecule has 78 valence electrons. The van der Waals surface area contributed by atoms with Crippen LogP contribution in [0.25, 0.3) is 0 Å². The zero-order valence-electron chi connectivity index (χ0n) is 8.23. The fraction of sp³-hybridized carbons (Fsp3) is 0.455. The van der Waals surface area contributed by atoms with Gasteiger partial charge in [-0.3, -0.25) is 0 Å². The molecule has 0 aliphatic rings. The number of alkyl halides is 1. The zero-order valence-corrected chi connectivity index (χ0v) is 11.3. The van der Waals surface area contributed by atoms with E-state index in [2.05, 4.69) is 29.8 Å². The van der Waals surface area contributed by atoms with E-state index in [9.17, 15) is 0 Å².